The van der Waals surface area contributed by atoms with E-state index in [-0.39, 0.29) is 131 Å². The van der Waals surface area contributed by atoms with Crippen LogP contribution in [-0.4, -0.2) is 166 Å². The van der Waals surface area contributed by atoms with Crippen molar-refractivity contribution in [2.24, 2.45) is 0 Å². The van der Waals surface area contributed by atoms with Crippen LogP contribution in [0, 0.1) is 0 Å². The zero-order valence-corrected chi connectivity index (χ0v) is 5.32. The summed E-state index contributed by atoms with van der Waals surface area (Å²) in [5.74, 6) is 0. The van der Waals surface area contributed by atoms with Gasteiger partial charge in [0.2, 0.25) is 0 Å². The maximum atomic E-state index is 8.78. The Bertz CT molecular complexity index is 73.6. The fourth-order valence-corrected chi connectivity index (χ4v) is 0.471. The van der Waals surface area contributed by atoms with Crippen molar-refractivity contribution >= 4 is 118 Å². The Morgan fingerprint density at radius 3 is 1.46 bits per heavy atom. The Balaban J connectivity index is -0.0000000533. The Morgan fingerprint density at radius 2 is 1.38 bits per heavy atom. The van der Waals surface area contributed by atoms with E-state index in [1.807, 2.05) is 0 Å². The maximum absolute atomic E-state index is 8.78. The summed E-state index contributed by atoms with van der Waals surface area (Å²) in [6, 6.07) is 0. The molecule has 0 bridgehead atoms. The van der Waals surface area contributed by atoms with E-state index in [2.05, 4.69) is 4.74 Å². The first-order valence-electron chi connectivity index (χ1n) is 2.68. The predicted molar refractivity (Wildman–Crippen MR) is 59.6 cm³/mol. The first-order chi connectivity index (χ1) is 4.26. The molecule has 13 heavy (non-hydrogen) atoms. The van der Waals surface area contributed by atoms with Crippen molar-refractivity contribution in [1.82, 2.24) is 0 Å². The first-order valence-corrected chi connectivity index (χ1v) is 2.68. The van der Waals surface area contributed by atoms with Gasteiger partial charge in [-0.2, -0.15) is 0 Å². The molecule has 0 aliphatic heterocycles. The third-order valence-corrected chi connectivity index (χ3v) is 1.10. The van der Waals surface area contributed by atoms with Crippen LogP contribution in [0.1, 0.15) is 0 Å². The molecule has 8 heteroatoms. The van der Waals surface area contributed by atoms with Crippen LogP contribution in [0.15, 0.2) is 0 Å². The minimum atomic E-state index is -0.986. The Kier molecular flexibility index (Phi) is 49.1. The number of aliphatic hydroxyl groups is 3. The molecule has 0 radical (unpaired) electrons. The molecule has 0 heterocycles. The van der Waals surface area contributed by atoms with Crippen LogP contribution in [0.25, 0.3) is 0 Å². The molecule has 0 saturated carbocycles. The fourth-order valence-electron chi connectivity index (χ4n) is 0.471. The average Bonchev–Trinajstić information content (AvgIpc) is 1.90. The molecule has 0 aromatic rings. The van der Waals surface area contributed by atoms with Gasteiger partial charge < -0.3 is 20.1 Å². The molecule has 0 aliphatic carbocycles. The molecule has 64 valence electrons. The second-order valence-corrected chi connectivity index (χ2v) is 1.71. The van der Waals surface area contributed by atoms with E-state index in [1.54, 1.807) is 0 Å². The Labute approximate surface area is 167 Å². The summed E-state index contributed by atoms with van der Waals surface area (Å²) in [6.07, 6.45) is -1.66. The van der Waals surface area contributed by atoms with Crippen LogP contribution in [0.5, 0.6) is 0 Å². The molecule has 4 nitrogen and oxygen atoms in total. The number of hydrogen-bond acceptors (Lipinski definition) is 4. The summed E-state index contributed by atoms with van der Waals surface area (Å²) < 4.78 is 4.59. The summed E-state index contributed by atoms with van der Waals surface area (Å²) >= 11 is 0. The molecule has 0 spiro atoms. The Hall–Kier alpha value is 3.84. The van der Waals surface area contributed by atoms with Crippen LogP contribution in [-0.2, 0) is 4.74 Å². The molecule has 2 atom stereocenters. The van der Waals surface area contributed by atoms with Gasteiger partial charge in [0.15, 0.2) is 0 Å². The van der Waals surface area contributed by atoms with Gasteiger partial charge in [-0.15, -0.1) is 0 Å². The second-order valence-electron chi connectivity index (χ2n) is 1.71. The van der Waals surface area contributed by atoms with Crippen molar-refractivity contribution in [1.29, 1.82) is 0 Å². The molecule has 0 aromatic heterocycles. The van der Waals surface area contributed by atoms with Gasteiger partial charge in [-0.05, 0) is 0 Å². The van der Waals surface area contributed by atoms with Gasteiger partial charge >= 0.3 is 118 Å². The van der Waals surface area contributed by atoms with E-state index in [1.165, 1.54) is 7.11 Å². The van der Waals surface area contributed by atoms with Crippen LogP contribution >= 0.6 is 0 Å². The number of methoxy groups -OCH3 is 1. The minimum absolute atomic E-state index is 0. The van der Waals surface area contributed by atoms with Crippen LogP contribution in [0.3, 0.4) is 0 Å². The van der Waals surface area contributed by atoms with E-state index in [9.17, 15) is 0 Å². The van der Waals surface area contributed by atoms with E-state index < -0.39 is 12.2 Å². The quantitative estimate of drug-likeness (QED) is 0.429. The molecule has 0 rings (SSSR count). The summed E-state index contributed by atoms with van der Waals surface area (Å²) in [6.45, 7) is -0.669. The SMILES string of the molecule is CO[C@@H](CO)[C@H](O)CO.[NaH].[NaH].[NaH].[NaH]. The van der Waals surface area contributed by atoms with Crippen molar-refractivity contribution in [2.75, 3.05) is 20.3 Å². The van der Waals surface area contributed by atoms with Crippen molar-refractivity contribution in [3.8, 4) is 0 Å². The number of ether oxygens (including phenoxy) is 1. The van der Waals surface area contributed by atoms with E-state index in [0.717, 1.165) is 0 Å². The monoisotopic (exact) mass is 232 g/mol. The van der Waals surface area contributed by atoms with Gasteiger partial charge in [-0.3, -0.25) is 0 Å². The van der Waals surface area contributed by atoms with E-state index >= 15 is 0 Å². The third kappa shape index (κ3) is 15.8. The zero-order chi connectivity index (χ0) is 7.28. The van der Waals surface area contributed by atoms with Gasteiger partial charge in [0.1, 0.15) is 12.2 Å². The number of aliphatic hydroxyl groups excluding tert-OH is 3. The van der Waals surface area contributed by atoms with Crippen LogP contribution in [0.2, 0.25) is 0 Å². The number of rotatable bonds is 4. The molecular weight excluding hydrogens is 216 g/mol. The van der Waals surface area contributed by atoms with E-state index in [0.29, 0.717) is 0 Å². The molecule has 0 fully saturated rings. The van der Waals surface area contributed by atoms with Gasteiger partial charge in [-0.1, -0.05) is 0 Å². The molecule has 0 aromatic carbocycles. The van der Waals surface area contributed by atoms with Crippen molar-refractivity contribution in [3.05, 3.63) is 0 Å². The summed E-state index contributed by atoms with van der Waals surface area (Å²) in [4.78, 5) is 0. The van der Waals surface area contributed by atoms with Gasteiger partial charge in [-0.25, -0.2) is 0 Å². The molecule has 3 N–H and O–H groups in total. The molecule has 0 aliphatic rings. The van der Waals surface area contributed by atoms with Crippen molar-refractivity contribution < 1.29 is 20.1 Å². The van der Waals surface area contributed by atoms with Gasteiger partial charge in [0, 0.05) is 7.11 Å². The summed E-state index contributed by atoms with van der Waals surface area (Å²) in [5, 5.41) is 25.5. The van der Waals surface area contributed by atoms with E-state index in [4.69, 9.17) is 15.3 Å². The molecule has 0 unspecified atom stereocenters. The average molecular weight is 232 g/mol. The summed E-state index contributed by atoms with van der Waals surface area (Å²) in [5.41, 5.74) is 0. The van der Waals surface area contributed by atoms with Crippen LogP contribution < -0.4 is 0 Å². The second kappa shape index (κ2) is 21.2. The Morgan fingerprint density at radius 1 is 1.00 bits per heavy atom. The topological polar surface area (TPSA) is 69.9 Å². The summed E-state index contributed by atoms with van der Waals surface area (Å²) in [7, 11) is 1.36. The number of hydrogen-bond donors (Lipinski definition) is 3. The molecular formula is C5H16Na4O4. The zero-order valence-electron chi connectivity index (χ0n) is 5.32. The standard InChI is InChI=1S/C5H12O4.4Na.4H/c1-9-5(3-7)4(8)2-6;;;;;;;;/h4-8H,2-3H2,1H3;;;;;;;;/t4-,5+;;;;;;;;/m1......../s1. The normalized spacial score (nSPS) is 12.0. The van der Waals surface area contributed by atoms with Crippen molar-refractivity contribution in [3.63, 3.8) is 0 Å². The first kappa shape index (κ1) is 30.1. The van der Waals surface area contributed by atoms with Crippen molar-refractivity contribution in [2.45, 2.75) is 12.2 Å². The molecule has 0 amide bonds. The van der Waals surface area contributed by atoms with Gasteiger partial charge in [0.25, 0.3) is 0 Å². The third-order valence-electron chi connectivity index (χ3n) is 1.10. The predicted octanol–water partition coefficient (Wildman–Crippen LogP) is -4.25. The fraction of sp³-hybridized carbons (Fsp3) is 1.00. The molecule has 0 saturated heterocycles. The van der Waals surface area contributed by atoms with Crippen LogP contribution in [0.4, 0.5) is 0 Å². The van der Waals surface area contributed by atoms with Gasteiger partial charge in [0.05, 0.1) is 13.2 Å².